The number of rotatable bonds is 6. The Kier molecular flexibility index (Phi) is 6.88. The van der Waals surface area contributed by atoms with E-state index in [1.54, 1.807) is 33.1 Å². The molecule has 0 aliphatic heterocycles. The predicted octanol–water partition coefficient (Wildman–Crippen LogP) is 5.34. The quantitative estimate of drug-likeness (QED) is 0.668. The Bertz CT molecular complexity index is 807. The average molecular weight is 398 g/mol. The van der Waals surface area contributed by atoms with Gasteiger partial charge in [-0.15, -0.1) is 0 Å². The van der Waals surface area contributed by atoms with Crippen molar-refractivity contribution < 1.29 is 27.1 Å². The lowest BCUT2D eigenvalue weighted by Crippen LogP contribution is -2.42. The van der Waals surface area contributed by atoms with E-state index in [-0.39, 0.29) is 12.6 Å². The molecule has 0 bridgehead atoms. The van der Waals surface area contributed by atoms with E-state index in [2.05, 4.69) is 5.32 Å². The minimum absolute atomic E-state index is 0.249. The molecule has 2 aromatic rings. The Labute approximate surface area is 161 Å². The Morgan fingerprint density at radius 2 is 1.82 bits per heavy atom. The predicted molar refractivity (Wildman–Crippen MR) is 99.0 cm³/mol. The van der Waals surface area contributed by atoms with E-state index in [1.165, 1.54) is 4.90 Å². The molecule has 1 unspecified atom stereocenters. The molecule has 0 radical (unpaired) electrons. The van der Waals surface area contributed by atoms with Gasteiger partial charge in [0.1, 0.15) is 11.6 Å². The summed E-state index contributed by atoms with van der Waals surface area (Å²) in [5, 5.41) is 2.09. The van der Waals surface area contributed by atoms with Gasteiger partial charge in [0.2, 0.25) is 0 Å². The third kappa shape index (κ3) is 5.15. The maximum Gasteiger partial charge on any atom is 0.418 e. The molecule has 0 spiro atoms. The molecule has 4 nitrogen and oxygen atoms in total. The number of ether oxygens (including phenoxy) is 1. The number of carbonyl (C=O) groups excluding carboxylic acids is 1. The fourth-order valence-corrected chi connectivity index (χ4v) is 2.93. The van der Waals surface area contributed by atoms with Crippen molar-refractivity contribution >= 4 is 11.7 Å². The molecule has 0 aliphatic rings. The van der Waals surface area contributed by atoms with Gasteiger partial charge in [-0.2, -0.15) is 13.2 Å². The molecule has 1 N–H and O–H groups in total. The van der Waals surface area contributed by atoms with Gasteiger partial charge in [-0.1, -0.05) is 18.2 Å². The van der Waals surface area contributed by atoms with Crippen LogP contribution in [-0.4, -0.2) is 30.6 Å². The number of nitrogens with zero attached hydrogens (tertiary/aromatic N) is 1. The fourth-order valence-electron chi connectivity index (χ4n) is 2.93. The van der Waals surface area contributed by atoms with Gasteiger partial charge < -0.3 is 15.0 Å². The number of nitrogens with one attached hydrogen (secondary N) is 1. The number of hydrogen-bond acceptors (Lipinski definition) is 2. The van der Waals surface area contributed by atoms with Crippen LogP contribution in [0.15, 0.2) is 42.5 Å². The number of alkyl halides is 3. The number of para-hydroxylation sites is 1. The molecular formula is C20H22F4N2O2. The average Bonchev–Trinajstić information content (AvgIpc) is 2.63. The lowest BCUT2D eigenvalue weighted by molar-refractivity contribution is -0.137. The topological polar surface area (TPSA) is 41.6 Å². The van der Waals surface area contributed by atoms with Gasteiger partial charge in [0.15, 0.2) is 0 Å². The number of anilines is 1. The first-order chi connectivity index (χ1) is 13.2. The van der Waals surface area contributed by atoms with Crippen LogP contribution in [0.5, 0.6) is 5.75 Å². The van der Waals surface area contributed by atoms with Crippen molar-refractivity contribution in [3.8, 4) is 5.75 Å². The molecule has 8 heteroatoms. The zero-order valence-electron chi connectivity index (χ0n) is 15.8. The Balaban J connectivity index is 2.17. The number of likely N-dealkylation sites (N-methyl/N-ethyl adjacent to an activating group) is 1. The normalized spacial score (nSPS) is 12.4. The maximum atomic E-state index is 14.0. The molecule has 0 heterocycles. The molecule has 2 aromatic carbocycles. The third-order valence-corrected chi connectivity index (χ3v) is 4.37. The molecule has 1 atom stereocenters. The summed E-state index contributed by atoms with van der Waals surface area (Å²) < 4.78 is 58.5. The number of halogens is 4. The third-order valence-electron chi connectivity index (χ3n) is 4.37. The molecule has 2 rings (SSSR count). The van der Waals surface area contributed by atoms with E-state index in [9.17, 15) is 22.4 Å². The summed E-state index contributed by atoms with van der Waals surface area (Å²) in [4.78, 5) is 13.9. The second kappa shape index (κ2) is 8.95. The summed E-state index contributed by atoms with van der Waals surface area (Å²) in [5.41, 5.74) is -1.16. The van der Waals surface area contributed by atoms with Gasteiger partial charge in [-0.25, -0.2) is 9.18 Å². The first-order valence-corrected chi connectivity index (χ1v) is 8.73. The summed E-state index contributed by atoms with van der Waals surface area (Å²) in [6.07, 6.45) is -4.30. The highest BCUT2D eigenvalue weighted by molar-refractivity contribution is 5.90. The molecular weight excluding hydrogens is 376 g/mol. The number of urea groups is 1. The van der Waals surface area contributed by atoms with Crippen LogP contribution in [0.1, 0.15) is 25.0 Å². The van der Waals surface area contributed by atoms with E-state index >= 15 is 0 Å². The highest BCUT2D eigenvalue weighted by atomic mass is 19.4. The van der Waals surface area contributed by atoms with Crippen molar-refractivity contribution in [1.29, 1.82) is 0 Å². The van der Waals surface area contributed by atoms with Crippen LogP contribution in [-0.2, 0) is 12.6 Å². The second-order valence-electron chi connectivity index (χ2n) is 6.28. The van der Waals surface area contributed by atoms with E-state index in [1.807, 2.05) is 12.1 Å². The summed E-state index contributed by atoms with van der Waals surface area (Å²) >= 11 is 0. The summed E-state index contributed by atoms with van der Waals surface area (Å²) in [7, 11) is 1.55. The van der Waals surface area contributed by atoms with Crippen LogP contribution < -0.4 is 10.1 Å². The minimum Gasteiger partial charge on any atom is -0.497 e. The maximum absolute atomic E-state index is 14.0. The molecule has 0 aliphatic carbocycles. The van der Waals surface area contributed by atoms with Crippen LogP contribution in [0.3, 0.4) is 0 Å². The molecule has 0 saturated carbocycles. The number of amides is 2. The van der Waals surface area contributed by atoms with Gasteiger partial charge in [0.25, 0.3) is 0 Å². The highest BCUT2D eigenvalue weighted by Gasteiger charge is 2.35. The molecule has 0 fully saturated rings. The lowest BCUT2D eigenvalue weighted by Gasteiger charge is -2.29. The summed E-state index contributed by atoms with van der Waals surface area (Å²) in [6.45, 7) is 3.73. The zero-order chi connectivity index (χ0) is 20.9. The number of methoxy groups -OCH3 is 1. The first-order valence-electron chi connectivity index (χ1n) is 8.73. The van der Waals surface area contributed by atoms with Gasteiger partial charge >= 0.3 is 12.2 Å². The van der Waals surface area contributed by atoms with Gasteiger partial charge in [-0.05, 0) is 50.1 Å². The van der Waals surface area contributed by atoms with E-state index in [0.717, 1.165) is 23.8 Å². The van der Waals surface area contributed by atoms with Crippen LogP contribution in [0, 0.1) is 5.82 Å². The van der Waals surface area contributed by atoms with Crippen LogP contribution in [0.4, 0.5) is 28.0 Å². The monoisotopic (exact) mass is 398 g/mol. The Morgan fingerprint density at radius 3 is 2.36 bits per heavy atom. The molecule has 2 amide bonds. The van der Waals surface area contributed by atoms with Crippen molar-refractivity contribution in [1.82, 2.24) is 4.90 Å². The number of benzene rings is 2. The number of hydrogen-bond donors (Lipinski definition) is 1. The van der Waals surface area contributed by atoms with Gasteiger partial charge in [0, 0.05) is 12.6 Å². The zero-order valence-corrected chi connectivity index (χ0v) is 15.8. The Hall–Kier alpha value is -2.77. The van der Waals surface area contributed by atoms with Gasteiger partial charge in [-0.3, -0.25) is 0 Å². The summed E-state index contributed by atoms with van der Waals surface area (Å²) in [5.74, 6) is -0.442. The molecule has 0 aromatic heterocycles. The second-order valence-corrected chi connectivity index (χ2v) is 6.28. The van der Waals surface area contributed by atoms with Crippen LogP contribution in [0.25, 0.3) is 0 Å². The standard InChI is InChI=1S/C20H22F4N2O2/c1-4-26(13(2)12-14-8-10-15(28-3)11-9-14)19(27)25-18-16(20(22,23)24)6-5-7-17(18)21/h5-11,13H,4,12H2,1-3H3,(H,25,27). The van der Waals surface area contributed by atoms with E-state index < -0.39 is 29.3 Å². The van der Waals surface area contributed by atoms with Crippen molar-refractivity contribution in [2.75, 3.05) is 19.0 Å². The SMILES string of the molecule is CCN(C(=O)Nc1c(F)cccc1C(F)(F)F)C(C)Cc1ccc(OC)cc1. The largest absolute Gasteiger partial charge is 0.497 e. The summed E-state index contributed by atoms with van der Waals surface area (Å²) in [6, 6.07) is 8.72. The van der Waals surface area contributed by atoms with E-state index in [4.69, 9.17) is 4.74 Å². The molecule has 152 valence electrons. The van der Waals surface area contributed by atoms with Crippen LogP contribution in [0.2, 0.25) is 0 Å². The Morgan fingerprint density at radius 1 is 1.18 bits per heavy atom. The first kappa shape index (κ1) is 21.5. The minimum atomic E-state index is -4.78. The smallest absolute Gasteiger partial charge is 0.418 e. The van der Waals surface area contributed by atoms with Crippen molar-refractivity contribution in [2.24, 2.45) is 0 Å². The molecule has 0 saturated heterocycles. The number of carbonyl (C=O) groups is 1. The van der Waals surface area contributed by atoms with Gasteiger partial charge in [0.05, 0.1) is 18.4 Å². The molecule has 28 heavy (non-hydrogen) atoms. The van der Waals surface area contributed by atoms with Crippen molar-refractivity contribution in [2.45, 2.75) is 32.5 Å². The van der Waals surface area contributed by atoms with Crippen molar-refractivity contribution in [3.63, 3.8) is 0 Å². The highest BCUT2D eigenvalue weighted by Crippen LogP contribution is 2.36. The fraction of sp³-hybridized carbons (Fsp3) is 0.350. The van der Waals surface area contributed by atoms with Crippen molar-refractivity contribution in [3.05, 3.63) is 59.4 Å². The van der Waals surface area contributed by atoms with Crippen LogP contribution >= 0.6 is 0 Å². The lowest BCUT2D eigenvalue weighted by atomic mass is 10.1. The van der Waals surface area contributed by atoms with E-state index in [0.29, 0.717) is 12.2 Å².